The highest BCUT2D eigenvalue weighted by Crippen LogP contribution is 2.28. The fourth-order valence-electron chi connectivity index (χ4n) is 2.74. The Kier molecular flexibility index (Phi) is 4.84. The topological polar surface area (TPSA) is 64.8 Å². The van der Waals surface area contributed by atoms with Gasteiger partial charge >= 0.3 is 0 Å². The summed E-state index contributed by atoms with van der Waals surface area (Å²) in [6.07, 6.45) is 2.11. The Morgan fingerprint density at radius 3 is 2.95 bits per heavy atom. The van der Waals surface area contributed by atoms with E-state index in [1.54, 1.807) is 25.3 Å². The molecular weight excluding hydrogens is 256 g/mol. The van der Waals surface area contributed by atoms with Gasteiger partial charge in [0.2, 0.25) is 0 Å². The molecule has 2 N–H and O–H groups in total. The van der Waals surface area contributed by atoms with Crippen LogP contribution in [-0.4, -0.2) is 44.7 Å². The number of nitrogens with two attached hydrogens (primary N) is 1. The molecule has 0 spiro atoms. The van der Waals surface area contributed by atoms with Gasteiger partial charge in [-0.15, -0.1) is 0 Å². The SMILES string of the molecule is COCC1CCCN(C(=O)c2cccc(N)c2OC)C1. The van der Waals surface area contributed by atoms with E-state index in [9.17, 15) is 4.79 Å². The van der Waals surface area contributed by atoms with Crippen LogP contribution in [0.5, 0.6) is 5.75 Å². The van der Waals surface area contributed by atoms with Crippen LogP contribution in [0.25, 0.3) is 0 Å². The van der Waals surface area contributed by atoms with Crippen LogP contribution in [0, 0.1) is 5.92 Å². The monoisotopic (exact) mass is 278 g/mol. The summed E-state index contributed by atoms with van der Waals surface area (Å²) in [5.41, 5.74) is 6.88. The number of likely N-dealkylation sites (tertiary alicyclic amines) is 1. The second-order valence-electron chi connectivity index (χ2n) is 5.14. The molecule has 0 saturated carbocycles. The summed E-state index contributed by atoms with van der Waals surface area (Å²) in [4.78, 5) is 14.5. The highest BCUT2D eigenvalue weighted by atomic mass is 16.5. The van der Waals surface area contributed by atoms with E-state index in [-0.39, 0.29) is 5.91 Å². The Labute approximate surface area is 119 Å². The first-order valence-corrected chi connectivity index (χ1v) is 6.88. The molecular formula is C15H22N2O3. The van der Waals surface area contributed by atoms with Crippen molar-refractivity contribution in [3.05, 3.63) is 23.8 Å². The summed E-state index contributed by atoms with van der Waals surface area (Å²) in [6.45, 7) is 2.19. The number of carbonyl (C=O) groups excluding carboxylic acids is 1. The molecule has 0 bridgehead atoms. The van der Waals surface area contributed by atoms with E-state index >= 15 is 0 Å². The number of anilines is 1. The lowest BCUT2D eigenvalue weighted by Crippen LogP contribution is -2.41. The van der Waals surface area contributed by atoms with Gasteiger partial charge in [-0.3, -0.25) is 4.79 Å². The van der Waals surface area contributed by atoms with Gasteiger partial charge in [-0.1, -0.05) is 6.07 Å². The zero-order chi connectivity index (χ0) is 14.5. The van der Waals surface area contributed by atoms with Crippen molar-refractivity contribution >= 4 is 11.6 Å². The van der Waals surface area contributed by atoms with Gasteiger partial charge in [0.25, 0.3) is 5.91 Å². The lowest BCUT2D eigenvalue weighted by Gasteiger charge is -2.32. The van der Waals surface area contributed by atoms with E-state index in [4.69, 9.17) is 15.2 Å². The highest BCUT2D eigenvalue weighted by molar-refractivity contribution is 5.98. The first kappa shape index (κ1) is 14.7. The molecule has 110 valence electrons. The van der Waals surface area contributed by atoms with Gasteiger partial charge in [-0.2, -0.15) is 0 Å². The molecule has 20 heavy (non-hydrogen) atoms. The average Bonchev–Trinajstić information content (AvgIpc) is 2.47. The fourth-order valence-corrected chi connectivity index (χ4v) is 2.74. The van der Waals surface area contributed by atoms with Gasteiger partial charge < -0.3 is 20.1 Å². The maximum atomic E-state index is 12.6. The predicted molar refractivity (Wildman–Crippen MR) is 77.9 cm³/mol. The van der Waals surface area contributed by atoms with Crippen LogP contribution < -0.4 is 10.5 Å². The number of nitrogens with zero attached hydrogens (tertiary/aromatic N) is 1. The third-order valence-corrected chi connectivity index (χ3v) is 3.69. The van der Waals surface area contributed by atoms with E-state index in [0.717, 1.165) is 25.9 Å². The van der Waals surface area contributed by atoms with Crippen molar-refractivity contribution in [3.63, 3.8) is 0 Å². The van der Waals surface area contributed by atoms with Gasteiger partial charge in [-0.05, 0) is 30.9 Å². The van der Waals surface area contributed by atoms with Crippen LogP contribution in [0.1, 0.15) is 23.2 Å². The van der Waals surface area contributed by atoms with Gasteiger partial charge in [0.1, 0.15) is 0 Å². The molecule has 1 aromatic carbocycles. The summed E-state index contributed by atoms with van der Waals surface area (Å²) < 4.78 is 10.5. The Bertz CT molecular complexity index is 474. The number of hydrogen-bond acceptors (Lipinski definition) is 4. The number of hydrogen-bond donors (Lipinski definition) is 1. The van der Waals surface area contributed by atoms with Crippen molar-refractivity contribution in [2.45, 2.75) is 12.8 Å². The zero-order valence-electron chi connectivity index (χ0n) is 12.1. The Hall–Kier alpha value is -1.75. The highest BCUT2D eigenvalue weighted by Gasteiger charge is 2.26. The molecule has 1 aliphatic heterocycles. The molecule has 1 unspecified atom stereocenters. The van der Waals surface area contributed by atoms with Crippen molar-refractivity contribution < 1.29 is 14.3 Å². The van der Waals surface area contributed by atoms with Gasteiger partial charge in [0, 0.05) is 20.2 Å². The summed E-state index contributed by atoms with van der Waals surface area (Å²) in [5.74, 6) is 0.853. The molecule has 1 aliphatic rings. The number of piperidine rings is 1. The van der Waals surface area contributed by atoms with Crippen LogP contribution >= 0.6 is 0 Å². The molecule has 1 amide bonds. The molecule has 1 heterocycles. The van der Waals surface area contributed by atoms with E-state index in [2.05, 4.69) is 0 Å². The first-order valence-electron chi connectivity index (χ1n) is 6.88. The van der Waals surface area contributed by atoms with Crippen LogP contribution in [0.4, 0.5) is 5.69 Å². The lowest BCUT2D eigenvalue weighted by molar-refractivity contribution is 0.0568. The third-order valence-electron chi connectivity index (χ3n) is 3.69. The fraction of sp³-hybridized carbons (Fsp3) is 0.533. The van der Waals surface area contributed by atoms with Gasteiger partial charge in [0.15, 0.2) is 5.75 Å². The maximum Gasteiger partial charge on any atom is 0.257 e. The Morgan fingerprint density at radius 2 is 2.25 bits per heavy atom. The molecule has 1 saturated heterocycles. The zero-order valence-corrected chi connectivity index (χ0v) is 12.1. The Balaban J connectivity index is 2.16. The van der Waals surface area contributed by atoms with Gasteiger partial charge in [-0.25, -0.2) is 0 Å². The largest absolute Gasteiger partial charge is 0.494 e. The Morgan fingerprint density at radius 1 is 1.45 bits per heavy atom. The van der Waals surface area contributed by atoms with E-state index in [0.29, 0.717) is 29.5 Å². The molecule has 2 rings (SSSR count). The van der Waals surface area contributed by atoms with E-state index in [1.165, 1.54) is 7.11 Å². The summed E-state index contributed by atoms with van der Waals surface area (Å²) in [6, 6.07) is 5.28. The number of nitrogen functional groups attached to an aromatic ring is 1. The summed E-state index contributed by atoms with van der Waals surface area (Å²) >= 11 is 0. The molecule has 0 radical (unpaired) electrons. The normalized spacial score (nSPS) is 18.9. The molecule has 5 nitrogen and oxygen atoms in total. The number of benzene rings is 1. The lowest BCUT2D eigenvalue weighted by atomic mass is 9.98. The molecule has 0 aromatic heterocycles. The van der Waals surface area contributed by atoms with Crippen molar-refractivity contribution in [3.8, 4) is 5.75 Å². The summed E-state index contributed by atoms with van der Waals surface area (Å²) in [5, 5.41) is 0. The standard InChI is InChI=1S/C15H22N2O3/c1-19-10-11-5-4-8-17(9-11)15(18)12-6-3-7-13(16)14(12)20-2/h3,6-7,11H,4-5,8-10,16H2,1-2H3. The predicted octanol–water partition coefficient (Wildman–Crippen LogP) is 1.78. The summed E-state index contributed by atoms with van der Waals surface area (Å²) in [7, 11) is 3.23. The molecule has 1 aromatic rings. The van der Waals surface area contributed by atoms with Crippen molar-refractivity contribution in [1.82, 2.24) is 4.90 Å². The number of carbonyl (C=O) groups is 1. The number of ether oxygens (including phenoxy) is 2. The van der Waals surface area contributed by atoms with Crippen LogP contribution in [0.15, 0.2) is 18.2 Å². The molecule has 5 heteroatoms. The van der Waals surface area contributed by atoms with Gasteiger partial charge in [0.05, 0.1) is 25.0 Å². The number of methoxy groups -OCH3 is 2. The second kappa shape index (κ2) is 6.61. The minimum absolute atomic E-state index is 0.0186. The van der Waals surface area contributed by atoms with E-state index < -0.39 is 0 Å². The quantitative estimate of drug-likeness (QED) is 0.853. The number of amides is 1. The van der Waals surface area contributed by atoms with Crippen LogP contribution in [0.3, 0.4) is 0 Å². The molecule has 0 aliphatic carbocycles. The van der Waals surface area contributed by atoms with Crippen molar-refractivity contribution in [2.24, 2.45) is 5.92 Å². The second-order valence-corrected chi connectivity index (χ2v) is 5.14. The van der Waals surface area contributed by atoms with Crippen molar-refractivity contribution in [2.75, 3.05) is 39.6 Å². The third kappa shape index (κ3) is 3.04. The molecule has 1 fully saturated rings. The molecule has 1 atom stereocenters. The van der Waals surface area contributed by atoms with Crippen molar-refractivity contribution in [1.29, 1.82) is 0 Å². The maximum absolute atomic E-state index is 12.6. The van der Waals surface area contributed by atoms with Crippen LogP contribution in [0.2, 0.25) is 0 Å². The van der Waals surface area contributed by atoms with Crippen LogP contribution in [-0.2, 0) is 4.74 Å². The minimum Gasteiger partial charge on any atom is -0.494 e. The smallest absolute Gasteiger partial charge is 0.257 e. The first-order chi connectivity index (χ1) is 9.67. The number of rotatable bonds is 4. The average molecular weight is 278 g/mol. The minimum atomic E-state index is -0.0186. The number of para-hydroxylation sites is 1. The van der Waals surface area contributed by atoms with E-state index in [1.807, 2.05) is 4.90 Å².